The van der Waals surface area contributed by atoms with E-state index >= 15 is 0 Å². The number of thiazole rings is 1. The number of nitrogens with zero attached hydrogens (tertiary/aromatic N) is 1. The first-order valence-corrected chi connectivity index (χ1v) is 9.54. The molecular formula is C23H27N3O2S. The van der Waals surface area contributed by atoms with E-state index in [2.05, 4.69) is 10.3 Å². The van der Waals surface area contributed by atoms with Crippen LogP contribution >= 0.6 is 11.3 Å². The minimum absolute atomic E-state index is 0.0635. The maximum absolute atomic E-state index is 12.6. The van der Waals surface area contributed by atoms with Crippen LogP contribution in [0.2, 0.25) is 0 Å². The molecule has 1 amide bonds. The molecule has 1 atom stereocenters. The molecule has 1 heterocycles. The van der Waals surface area contributed by atoms with Crippen LogP contribution < -0.4 is 11.1 Å². The number of nitrogens with one attached hydrogen (secondary N) is 1. The third kappa shape index (κ3) is 6.69. The number of nitrogen functional groups attached to an aromatic ring is 1. The monoisotopic (exact) mass is 420 g/mol. The lowest BCUT2D eigenvalue weighted by atomic mass is 10.0. The highest BCUT2D eigenvalue weighted by Gasteiger charge is 2.08. The quantitative estimate of drug-likeness (QED) is 0.470. The van der Waals surface area contributed by atoms with Crippen LogP contribution in [0.15, 0.2) is 53.8 Å². The Morgan fingerprint density at radius 3 is 2.69 bits per heavy atom. The summed E-state index contributed by atoms with van der Waals surface area (Å²) in [4.78, 5) is 16.3. The van der Waals surface area contributed by atoms with E-state index < -0.39 is 55.3 Å². The largest absolute Gasteiger partial charge is 0.388 e. The molecule has 0 aliphatic heterocycles. The summed E-state index contributed by atoms with van der Waals surface area (Å²) < 4.78 is 89.5. The molecule has 0 aliphatic rings. The summed E-state index contributed by atoms with van der Waals surface area (Å²) in [6.07, 6.45) is -10.3. The van der Waals surface area contributed by atoms with E-state index in [0.717, 1.165) is 11.3 Å². The van der Waals surface area contributed by atoms with Crippen LogP contribution in [0, 0.1) is 6.92 Å². The van der Waals surface area contributed by atoms with E-state index in [0.29, 0.717) is 0 Å². The van der Waals surface area contributed by atoms with Gasteiger partial charge in [-0.25, -0.2) is 4.98 Å². The molecule has 5 nitrogen and oxygen atoms in total. The highest BCUT2D eigenvalue weighted by molar-refractivity contribution is 7.13. The van der Waals surface area contributed by atoms with Crippen molar-refractivity contribution in [3.05, 3.63) is 76.2 Å². The van der Waals surface area contributed by atoms with Gasteiger partial charge in [0.15, 0.2) is 5.13 Å². The van der Waals surface area contributed by atoms with Gasteiger partial charge < -0.3 is 16.2 Å². The highest BCUT2D eigenvalue weighted by atomic mass is 32.1. The standard InChI is InChI=1S/C23H27N3O2S/c1-16-6-10-18(11-7-16)21(27)5-3-2-4-17-8-12-19(13-9-17)25-22(28)14-20-15-29-23(24)26-20/h6-13,15,21,27H,2-5,14H2,1H3,(H2,24,26)(H,25,28)/t21-/m0/s1/i2D2,4D2,6D,7D,10D,11D,14D2,15D. The number of carbonyl (C=O) groups is 1. The lowest BCUT2D eigenvalue weighted by Gasteiger charge is -2.11. The van der Waals surface area contributed by atoms with Crippen LogP contribution in [0.25, 0.3) is 0 Å². The zero-order valence-corrected chi connectivity index (χ0v) is 16.4. The molecular weight excluding hydrogens is 382 g/mol. The van der Waals surface area contributed by atoms with Crippen LogP contribution in [0.4, 0.5) is 10.8 Å². The molecule has 3 aromatic rings. The number of aryl methyl sites for hydroxylation is 1. The van der Waals surface area contributed by atoms with Gasteiger partial charge in [0, 0.05) is 19.3 Å². The minimum Gasteiger partial charge on any atom is -0.388 e. The predicted molar refractivity (Wildman–Crippen MR) is 119 cm³/mol. The average molecular weight is 421 g/mol. The van der Waals surface area contributed by atoms with Crippen molar-refractivity contribution in [3.63, 3.8) is 0 Å². The van der Waals surface area contributed by atoms with Gasteiger partial charge >= 0.3 is 0 Å². The fourth-order valence-electron chi connectivity index (χ4n) is 2.29. The fourth-order valence-corrected chi connectivity index (χ4v) is 2.72. The summed E-state index contributed by atoms with van der Waals surface area (Å²) in [5.41, 5.74) is 4.87. The van der Waals surface area contributed by atoms with Crippen molar-refractivity contribution in [2.45, 2.75) is 45.0 Å². The van der Waals surface area contributed by atoms with Gasteiger partial charge in [0.25, 0.3) is 0 Å². The molecule has 2 aromatic carbocycles. The molecule has 0 aliphatic carbocycles. The van der Waals surface area contributed by atoms with Crippen LogP contribution in [0.3, 0.4) is 0 Å². The first kappa shape index (κ1) is 10.9. The van der Waals surface area contributed by atoms with Crippen molar-refractivity contribution in [1.29, 1.82) is 0 Å². The Morgan fingerprint density at radius 1 is 1.31 bits per heavy atom. The van der Waals surface area contributed by atoms with Crippen LogP contribution in [0.1, 0.15) is 62.8 Å². The van der Waals surface area contributed by atoms with Crippen molar-refractivity contribution < 1.29 is 25.0 Å². The second-order valence-corrected chi connectivity index (χ2v) is 6.88. The second-order valence-electron chi connectivity index (χ2n) is 6.05. The van der Waals surface area contributed by atoms with Gasteiger partial charge in [-0.2, -0.15) is 0 Å². The molecule has 0 fully saturated rings. The van der Waals surface area contributed by atoms with Crippen LogP contribution in [-0.4, -0.2) is 16.0 Å². The zero-order chi connectivity index (χ0) is 30.4. The third-order valence-electron chi connectivity index (χ3n) is 3.73. The molecule has 1 aromatic heterocycles. The Labute approximate surface area is 191 Å². The topological polar surface area (TPSA) is 88.2 Å². The summed E-state index contributed by atoms with van der Waals surface area (Å²) in [5, 5.41) is 12.6. The number of hydrogen-bond acceptors (Lipinski definition) is 5. The van der Waals surface area contributed by atoms with Crippen molar-refractivity contribution in [1.82, 2.24) is 4.98 Å². The van der Waals surface area contributed by atoms with Crippen molar-refractivity contribution in [3.8, 4) is 0 Å². The maximum atomic E-state index is 12.6. The summed E-state index contributed by atoms with van der Waals surface area (Å²) in [6.45, 7) is 1.42. The average Bonchev–Trinajstić information content (AvgIpc) is 3.23. The Bertz CT molecular complexity index is 1400. The highest BCUT2D eigenvalue weighted by Crippen LogP contribution is 2.21. The Kier molecular flexibility index (Phi) is 3.83. The number of aliphatic hydroxyl groups excluding tert-OH is 1. The molecule has 6 heteroatoms. The molecule has 4 N–H and O–H groups in total. The maximum Gasteiger partial charge on any atom is 0.230 e. The predicted octanol–water partition coefficient (Wildman–Crippen LogP) is 4.66. The lowest BCUT2D eigenvalue weighted by molar-refractivity contribution is -0.115. The third-order valence-corrected chi connectivity index (χ3v) is 4.32. The molecule has 0 unspecified atom stereocenters. The van der Waals surface area contributed by atoms with Crippen molar-refractivity contribution >= 4 is 28.1 Å². The Morgan fingerprint density at radius 2 is 2.03 bits per heavy atom. The summed E-state index contributed by atoms with van der Waals surface area (Å²) >= 11 is 0.719. The molecule has 0 bridgehead atoms. The number of rotatable bonds is 9. The van der Waals surface area contributed by atoms with E-state index in [9.17, 15) is 9.90 Å². The molecule has 0 radical (unpaired) electrons. The van der Waals surface area contributed by atoms with E-state index in [4.69, 9.17) is 20.8 Å². The van der Waals surface area contributed by atoms with Gasteiger partial charge in [-0.15, -0.1) is 11.3 Å². The fraction of sp³-hybridized carbons (Fsp3) is 0.304. The number of benzene rings is 2. The molecule has 0 spiro atoms. The van der Waals surface area contributed by atoms with Gasteiger partial charge in [0.05, 0.1) is 25.0 Å². The lowest BCUT2D eigenvalue weighted by Crippen LogP contribution is -2.14. The van der Waals surface area contributed by atoms with Crippen molar-refractivity contribution in [2.75, 3.05) is 11.1 Å². The number of hydrogen-bond donors (Lipinski definition) is 3. The number of amides is 1. The number of carbonyl (C=O) groups excluding carboxylic acids is 1. The van der Waals surface area contributed by atoms with Gasteiger partial charge in [-0.05, 0) is 49.4 Å². The summed E-state index contributed by atoms with van der Waals surface area (Å²) in [5.74, 6) is -1.13. The van der Waals surface area contributed by atoms with Gasteiger partial charge in [0.1, 0.15) is 0 Å². The summed E-state index contributed by atoms with van der Waals surface area (Å²) in [7, 11) is 0. The number of nitrogens with two attached hydrogens (primary N) is 1. The normalized spacial score (nSPS) is 18.9. The van der Waals surface area contributed by atoms with E-state index in [1.165, 1.54) is 31.2 Å². The van der Waals surface area contributed by atoms with Crippen LogP contribution in [-0.2, 0) is 17.5 Å². The first-order chi connectivity index (χ1) is 18.3. The molecule has 152 valence electrons. The van der Waals surface area contributed by atoms with E-state index in [-0.39, 0.29) is 51.4 Å². The number of aromatic nitrogens is 1. The molecule has 29 heavy (non-hydrogen) atoms. The van der Waals surface area contributed by atoms with E-state index in [1.807, 2.05) is 0 Å². The van der Waals surface area contributed by atoms with Crippen molar-refractivity contribution in [2.24, 2.45) is 0 Å². The molecule has 0 saturated carbocycles. The van der Waals surface area contributed by atoms with Gasteiger partial charge in [-0.1, -0.05) is 48.3 Å². The molecule has 3 rings (SSSR count). The van der Waals surface area contributed by atoms with Gasteiger partial charge in [-0.3, -0.25) is 4.79 Å². The number of aliphatic hydroxyl groups is 1. The zero-order valence-electron chi connectivity index (χ0n) is 26.6. The Balaban J connectivity index is 1.74. The summed E-state index contributed by atoms with van der Waals surface area (Å²) in [6, 6.07) is 3.47. The number of anilines is 2. The molecule has 0 saturated heterocycles. The van der Waals surface area contributed by atoms with Crippen LogP contribution in [0.5, 0.6) is 0 Å². The Hall–Kier alpha value is -2.70. The van der Waals surface area contributed by atoms with E-state index in [1.54, 1.807) is 0 Å². The second kappa shape index (κ2) is 10.2. The smallest absolute Gasteiger partial charge is 0.230 e. The van der Waals surface area contributed by atoms with Gasteiger partial charge in [0.2, 0.25) is 5.91 Å². The first-order valence-electron chi connectivity index (χ1n) is 14.2. The SMILES string of the molecule is [2H]c1sc(N)nc1C([2H])([2H])C(=O)Nc1ccc(C([2H])([2H])C([2H])([2H])CC[C@H](O)c2c([2H])c([2H])c(C)c([2H])c2[2H])cc1. The minimum atomic E-state index is -2.67.